The van der Waals surface area contributed by atoms with Gasteiger partial charge in [-0.25, -0.2) is 8.42 Å². The van der Waals surface area contributed by atoms with Gasteiger partial charge in [-0.15, -0.1) is 0 Å². The fourth-order valence-electron chi connectivity index (χ4n) is 2.14. The molecule has 1 aromatic carbocycles. The smallest absolute Gasteiger partial charge is 0.271 e. The van der Waals surface area contributed by atoms with Crippen LogP contribution >= 0.6 is 0 Å². The van der Waals surface area contributed by atoms with Crippen molar-refractivity contribution in [3.8, 4) is 0 Å². The van der Waals surface area contributed by atoms with E-state index >= 15 is 0 Å². The van der Waals surface area contributed by atoms with Gasteiger partial charge in [0, 0.05) is 13.1 Å². The maximum Gasteiger partial charge on any atom is 0.299 e. The maximum atomic E-state index is 11.7. The number of benzene rings is 1. The highest BCUT2D eigenvalue weighted by atomic mass is 32.2. The van der Waals surface area contributed by atoms with Gasteiger partial charge in [0.2, 0.25) is 10.0 Å². The Hall–Kier alpha value is -1.32. The first-order chi connectivity index (χ1) is 9.23. The van der Waals surface area contributed by atoms with Gasteiger partial charge in [-0.1, -0.05) is 13.0 Å². The SMILES string of the molecule is CCNS(=O)(=O)Nc1ccc2c(c1)N(S(C)(=O)=O)CC2. The van der Waals surface area contributed by atoms with Gasteiger partial charge >= 0.3 is 0 Å². The first-order valence-corrected chi connectivity index (χ1v) is 9.44. The molecule has 0 saturated carbocycles. The standard InChI is InChI=1S/C11H17N3O4S2/c1-3-12-20(17,18)13-10-5-4-9-6-7-14(11(9)8-10)19(2,15)16/h4-5,8,12-13H,3,6-7H2,1-2H3. The van der Waals surface area contributed by atoms with Crippen LogP contribution in [0.25, 0.3) is 0 Å². The Labute approximate surface area is 119 Å². The van der Waals surface area contributed by atoms with Gasteiger partial charge in [0.05, 0.1) is 17.6 Å². The topological polar surface area (TPSA) is 95.6 Å². The van der Waals surface area contributed by atoms with Crippen LogP contribution in [0.5, 0.6) is 0 Å². The van der Waals surface area contributed by atoms with Gasteiger partial charge in [-0.05, 0) is 24.1 Å². The van der Waals surface area contributed by atoms with Crippen LogP contribution < -0.4 is 13.7 Å². The largest absolute Gasteiger partial charge is 0.299 e. The van der Waals surface area contributed by atoms with Gasteiger partial charge < -0.3 is 0 Å². The summed E-state index contributed by atoms with van der Waals surface area (Å²) in [5.74, 6) is 0. The Balaban J connectivity index is 2.33. The number of rotatable bonds is 5. The van der Waals surface area contributed by atoms with Crippen molar-refractivity contribution in [2.24, 2.45) is 0 Å². The van der Waals surface area contributed by atoms with Gasteiger partial charge in [0.25, 0.3) is 10.2 Å². The second-order valence-electron chi connectivity index (χ2n) is 4.53. The van der Waals surface area contributed by atoms with Crippen molar-refractivity contribution in [1.29, 1.82) is 0 Å². The average molecular weight is 319 g/mol. The summed E-state index contributed by atoms with van der Waals surface area (Å²) in [4.78, 5) is 0. The van der Waals surface area contributed by atoms with Crippen LogP contribution in [0.3, 0.4) is 0 Å². The fourth-order valence-corrected chi connectivity index (χ4v) is 3.98. The molecule has 0 amide bonds. The van der Waals surface area contributed by atoms with Gasteiger partial charge in [0.1, 0.15) is 0 Å². The highest BCUT2D eigenvalue weighted by molar-refractivity contribution is 7.92. The Morgan fingerprint density at radius 3 is 2.55 bits per heavy atom. The van der Waals surface area contributed by atoms with Crippen molar-refractivity contribution in [2.45, 2.75) is 13.3 Å². The summed E-state index contributed by atoms with van der Waals surface area (Å²) in [6, 6.07) is 4.90. The number of hydrogen-bond acceptors (Lipinski definition) is 4. The number of sulfonamides is 1. The third-order valence-electron chi connectivity index (χ3n) is 2.93. The molecule has 0 fully saturated rings. The van der Waals surface area contributed by atoms with Crippen LogP contribution in [0.15, 0.2) is 18.2 Å². The van der Waals surface area contributed by atoms with Crippen LogP contribution in [0.2, 0.25) is 0 Å². The van der Waals surface area contributed by atoms with E-state index in [0.717, 1.165) is 11.8 Å². The van der Waals surface area contributed by atoms with Crippen LogP contribution in [-0.4, -0.2) is 36.2 Å². The van der Waals surface area contributed by atoms with Crippen LogP contribution in [0.1, 0.15) is 12.5 Å². The van der Waals surface area contributed by atoms with Crippen molar-refractivity contribution in [1.82, 2.24) is 4.72 Å². The summed E-state index contributed by atoms with van der Waals surface area (Å²) < 4.78 is 52.5. The van der Waals surface area contributed by atoms with Crippen LogP contribution in [0, 0.1) is 0 Å². The van der Waals surface area contributed by atoms with Crippen molar-refractivity contribution in [3.63, 3.8) is 0 Å². The molecular weight excluding hydrogens is 302 g/mol. The molecule has 1 aromatic rings. The molecule has 0 atom stereocenters. The molecule has 0 saturated heterocycles. The molecule has 7 nitrogen and oxygen atoms in total. The first kappa shape index (κ1) is 15.1. The first-order valence-electron chi connectivity index (χ1n) is 6.11. The molecule has 9 heteroatoms. The van der Waals surface area contributed by atoms with E-state index < -0.39 is 20.2 Å². The summed E-state index contributed by atoms with van der Waals surface area (Å²) in [6.07, 6.45) is 1.76. The molecular formula is C11H17N3O4S2. The predicted molar refractivity (Wildman–Crippen MR) is 78.6 cm³/mol. The Morgan fingerprint density at radius 1 is 1.25 bits per heavy atom. The van der Waals surface area contributed by atoms with E-state index in [1.165, 1.54) is 10.4 Å². The minimum Gasteiger partial charge on any atom is -0.271 e. The molecule has 112 valence electrons. The van der Waals surface area contributed by atoms with E-state index in [2.05, 4.69) is 9.44 Å². The molecule has 1 aliphatic rings. The molecule has 1 heterocycles. The lowest BCUT2D eigenvalue weighted by Crippen LogP contribution is -2.30. The Morgan fingerprint density at radius 2 is 1.95 bits per heavy atom. The van der Waals surface area contributed by atoms with Crippen LogP contribution in [-0.2, 0) is 26.7 Å². The summed E-state index contributed by atoms with van der Waals surface area (Å²) in [5.41, 5.74) is 1.76. The number of nitrogens with one attached hydrogen (secondary N) is 2. The van der Waals surface area contributed by atoms with Gasteiger partial charge in [0.15, 0.2) is 0 Å². The molecule has 1 aliphatic heterocycles. The second-order valence-corrected chi connectivity index (χ2v) is 7.94. The van der Waals surface area contributed by atoms with Gasteiger partial charge in [-0.3, -0.25) is 9.03 Å². The summed E-state index contributed by atoms with van der Waals surface area (Å²) in [6.45, 7) is 2.33. The van der Waals surface area contributed by atoms with Crippen molar-refractivity contribution >= 4 is 31.6 Å². The van der Waals surface area contributed by atoms with Crippen LogP contribution in [0.4, 0.5) is 11.4 Å². The average Bonchev–Trinajstić information content (AvgIpc) is 2.70. The molecule has 0 spiro atoms. The molecule has 2 rings (SSSR count). The monoisotopic (exact) mass is 319 g/mol. The number of nitrogens with zero attached hydrogens (tertiary/aromatic N) is 1. The highest BCUT2D eigenvalue weighted by Crippen LogP contribution is 2.32. The quantitative estimate of drug-likeness (QED) is 0.814. The lowest BCUT2D eigenvalue weighted by atomic mass is 10.1. The lowest BCUT2D eigenvalue weighted by Gasteiger charge is -2.17. The van der Waals surface area contributed by atoms with E-state index in [-0.39, 0.29) is 6.54 Å². The van der Waals surface area contributed by atoms with E-state index in [0.29, 0.717) is 24.3 Å². The molecule has 20 heavy (non-hydrogen) atoms. The second kappa shape index (κ2) is 5.23. The zero-order valence-corrected chi connectivity index (χ0v) is 12.9. The number of hydrogen-bond donors (Lipinski definition) is 2. The number of anilines is 2. The maximum absolute atomic E-state index is 11.7. The third-order valence-corrected chi connectivity index (χ3v) is 5.28. The van der Waals surface area contributed by atoms with E-state index in [9.17, 15) is 16.8 Å². The van der Waals surface area contributed by atoms with E-state index in [4.69, 9.17) is 0 Å². The van der Waals surface area contributed by atoms with E-state index in [1.54, 1.807) is 19.1 Å². The lowest BCUT2D eigenvalue weighted by molar-refractivity contribution is 0.589. The molecule has 0 bridgehead atoms. The minimum absolute atomic E-state index is 0.274. The molecule has 0 unspecified atom stereocenters. The predicted octanol–water partition coefficient (Wildman–Crippen LogP) is 0.275. The zero-order chi connectivity index (χ0) is 15.0. The highest BCUT2D eigenvalue weighted by Gasteiger charge is 2.26. The molecule has 0 aromatic heterocycles. The number of fused-ring (bicyclic) bond motifs is 1. The summed E-state index contributed by atoms with van der Waals surface area (Å²) in [7, 11) is -6.97. The van der Waals surface area contributed by atoms with Gasteiger partial charge in [-0.2, -0.15) is 13.1 Å². The van der Waals surface area contributed by atoms with Crippen molar-refractivity contribution < 1.29 is 16.8 Å². The van der Waals surface area contributed by atoms with Crippen molar-refractivity contribution in [3.05, 3.63) is 23.8 Å². The van der Waals surface area contributed by atoms with E-state index in [1.807, 2.05) is 0 Å². The molecule has 0 aliphatic carbocycles. The molecule has 2 N–H and O–H groups in total. The Kier molecular flexibility index (Phi) is 3.94. The zero-order valence-electron chi connectivity index (χ0n) is 11.3. The van der Waals surface area contributed by atoms with Crippen molar-refractivity contribution in [2.75, 3.05) is 28.4 Å². The summed E-state index contributed by atoms with van der Waals surface area (Å²) in [5, 5.41) is 0. The minimum atomic E-state index is -3.62. The Bertz CT molecular complexity index is 713. The molecule has 0 radical (unpaired) electrons. The summed E-state index contributed by atoms with van der Waals surface area (Å²) >= 11 is 0. The fraction of sp³-hybridized carbons (Fsp3) is 0.455. The normalized spacial score (nSPS) is 15.2. The third kappa shape index (κ3) is 3.22.